The second kappa shape index (κ2) is 6.77. The van der Waals surface area contributed by atoms with E-state index in [0.29, 0.717) is 5.56 Å². The van der Waals surface area contributed by atoms with Gasteiger partial charge in [0, 0.05) is 31.2 Å². The SMILES string of the molecule is Cc1cc(C)c(C(=O)P(=O)(O)c2ccccc2)c(C)c1.[HH].[Li]. The van der Waals surface area contributed by atoms with E-state index in [1.165, 1.54) is 12.1 Å². The molecule has 0 aliphatic heterocycles. The van der Waals surface area contributed by atoms with Crippen LogP contribution in [0.4, 0.5) is 0 Å². The van der Waals surface area contributed by atoms with Crippen LogP contribution in [-0.2, 0) is 4.57 Å². The molecular weight excluding hydrogens is 278 g/mol. The van der Waals surface area contributed by atoms with Gasteiger partial charge in [-0.3, -0.25) is 9.36 Å². The van der Waals surface area contributed by atoms with E-state index in [-0.39, 0.29) is 25.6 Å². The molecule has 2 aromatic carbocycles. The monoisotopic (exact) mass is 297 g/mol. The molecule has 1 N–H and O–H groups in total. The van der Waals surface area contributed by atoms with Crippen LogP contribution < -0.4 is 5.30 Å². The zero-order valence-electron chi connectivity index (χ0n) is 12.8. The summed E-state index contributed by atoms with van der Waals surface area (Å²) >= 11 is 0. The zero-order chi connectivity index (χ0) is 14.9. The van der Waals surface area contributed by atoms with Crippen molar-refractivity contribution < 1.29 is 15.7 Å². The van der Waals surface area contributed by atoms with Gasteiger partial charge in [-0.25, -0.2) is 0 Å². The smallest absolute Gasteiger partial charge is 0.298 e. The summed E-state index contributed by atoms with van der Waals surface area (Å²) in [6.07, 6.45) is 0. The summed E-state index contributed by atoms with van der Waals surface area (Å²) in [5.41, 5.74) is 2.16. The summed E-state index contributed by atoms with van der Waals surface area (Å²) < 4.78 is 12.5. The Bertz CT molecular complexity index is 694. The first-order valence-corrected chi connectivity index (χ1v) is 8.01. The van der Waals surface area contributed by atoms with Crippen molar-refractivity contribution in [1.29, 1.82) is 0 Å². The Morgan fingerprint density at radius 3 is 2.00 bits per heavy atom. The molecule has 0 amide bonds. The Hall–Kier alpha value is -1.10. The molecule has 0 saturated carbocycles. The fourth-order valence-electron chi connectivity index (χ4n) is 2.42. The molecule has 1 unspecified atom stereocenters. The second-order valence-corrected chi connectivity index (χ2v) is 7.07. The molecule has 0 aliphatic rings. The minimum atomic E-state index is -4.07. The maximum atomic E-state index is 12.5. The van der Waals surface area contributed by atoms with Gasteiger partial charge in [-0.15, -0.1) is 0 Å². The summed E-state index contributed by atoms with van der Waals surface area (Å²) in [6.45, 7) is 5.51. The molecule has 5 heteroatoms. The molecule has 107 valence electrons. The van der Waals surface area contributed by atoms with Crippen molar-refractivity contribution in [2.45, 2.75) is 20.8 Å². The molecule has 0 saturated heterocycles. The van der Waals surface area contributed by atoms with Crippen LogP contribution in [0, 0.1) is 20.8 Å². The average molecular weight is 297 g/mol. The minimum absolute atomic E-state index is 0. The van der Waals surface area contributed by atoms with Crippen molar-refractivity contribution in [1.82, 2.24) is 0 Å². The number of carbonyl (C=O) groups excluding carboxylic acids is 1. The summed E-state index contributed by atoms with van der Waals surface area (Å²) in [6, 6.07) is 11.8. The van der Waals surface area contributed by atoms with Gasteiger partial charge >= 0.3 is 0 Å². The summed E-state index contributed by atoms with van der Waals surface area (Å²) in [5.74, 6) is 0. The van der Waals surface area contributed by atoms with Crippen molar-refractivity contribution in [2.24, 2.45) is 0 Å². The standard InChI is InChI=1S/C16H17O3P.Li.H2/c1-11-9-12(2)15(13(3)10-11)16(17)20(18,19)14-7-5-4-6-8-14;;/h4-10H,1-3H3,(H,18,19);;1H. The zero-order valence-corrected chi connectivity index (χ0v) is 13.6. The number of benzene rings is 2. The van der Waals surface area contributed by atoms with Crippen LogP contribution in [0.25, 0.3) is 0 Å². The number of rotatable bonds is 3. The fourth-order valence-corrected chi connectivity index (χ4v) is 3.88. The molecule has 0 aromatic heterocycles. The molecule has 1 atom stereocenters. The first-order chi connectivity index (χ1) is 9.34. The van der Waals surface area contributed by atoms with Gasteiger partial charge in [0.1, 0.15) is 0 Å². The van der Waals surface area contributed by atoms with Gasteiger partial charge in [0.05, 0.1) is 0 Å². The van der Waals surface area contributed by atoms with E-state index in [4.69, 9.17) is 0 Å². The van der Waals surface area contributed by atoms with Gasteiger partial charge < -0.3 is 4.89 Å². The van der Waals surface area contributed by atoms with Crippen molar-refractivity contribution in [3.63, 3.8) is 0 Å². The molecule has 0 aliphatic carbocycles. The van der Waals surface area contributed by atoms with Crippen LogP contribution in [-0.4, -0.2) is 29.3 Å². The molecule has 1 radical (unpaired) electrons. The summed E-state index contributed by atoms with van der Waals surface area (Å²) in [4.78, 5) is 22.7. The van der Waals surface area contributed by atoms with E-state index in [2.05, 4.69) is 0 Å². The predicted octanol–water partition coefficient (Wildman–Crippen LogP) is 3.21. The van der Waals surface area contributed by atoms with Crippen molar-refractivity contribution in [3.8, 4) is 0 Å². The van der Waals surface area contributed by atoms with E-state index in [0.717, 1.165) is 16.7 Å². The maximum absolute atomic E-state index is 12.5. The quantitative estimate of drug-likeness (QED) is 0.699. The van der Waals surface area contributed by atoms with Crippen molar-refractivity contribution in [2.75, 3.05) is 0 Å². The Morgan fingerprint density at radius 2 is 1.52 bits per heavy atom. The van der Waals surface area contributed by atoms with Crippen LogP contribution in [0.3, 0.4) is 0 Å². The van der Waals surface area contributed by atoms with E-state index in [1.807, 2.05) is 19.1 Å². The number of hydrogen-bond donors (Lipinski definition) is 1. The van der Waals surface area contributed by atoms with Gasteiger partial charge in [-0.1, -0.05) is 35.9 Å². The maximum Gasteiger partial charge on any atom is 0.298 e. The van der Waals surface area contributed by atoms with Crippen LogP contribution in [0.1, 0.15) is 28.5 Å². The topological polar surface area (TPSA) is 54.4 Å². The Balaban J connectivity index is 0.00000220. The van der Waals surface area contributed by atoms with Crippen molar-refractivity contribution >= 4 is 37.1 Å². The molecule has 2 aromatic rings. The number of aryl methyl sites for hydroxylation is 3. The Labute approximate surface area is 138 Å². The molecule has 3 nitrogen and oxygen atoms in total. The molecule has 0 heterocycles. The largest absolute Gasteiger partial charge is 0.336 e. The number of hydrogen-bond acceptors (Lipinski definition) is 2. The molecule has 0 bridgehead atoms. The third-order valence-electron chi connectivity index (χ3n) is 3.27. The number of carbonyl (C=O) groups is 1. The van der Waals surface area contributed by atoms with E-state index in [9.17, 15) is 14.3 Å². The molecule has 2 rings (SSSR count). The predicted molar refractivity (Wildman–Crippen MR) is 88.8 cm³/mol. The normalized spacial score (nSPS) is 13.1. The molecule has 0 spiro atoms. The van der Waals surface area contributed by atoms with Gasteiger partial charge in [0.15, 0.2) is 0 Å². The summed E-state index contributed by atoms with van der Waals surface area (Å²) in [5, 5.41) is 0.171. The molecule has 21 heavy (non-hydrogen) atoms. The average Bonchev–Trinajstić information content (AvgIpc) is 2.38. The van der Waals surface area contributed by atoms with Crippen LogP contribution in [0.5, 0.6) is 0 Å². The van der Waals surface area contributed by atoms with Crippen molar-refractivity contribution in [3.05, 3.63) is 64.7 Å². The third-order valence-corrected chi connectivity index (χ3v) is 5.04. The van der Waals surface area contributed by atoms with Crippen LogP contribution in [0.15, 0.2) is 42.5 Å². The second-order valence-electron chi connectivity index (χ2n) is 4.99. The fraction of sp³-hybridized carbons (Fsp3) is 0.188. The Kier molecular flexibility index (Phi) is 5.79. The minimum Gasteiger partial charge on any atom is -0.336 e. The van der Waals surface area contributed by atoms with Gasteiger partial charge in [0.25, 0.3) is 12.9 Å². The van der Waals surface area contributed by atoms with Gasteiger partial charge in [-0.05, 0) is 44.0 Å². The van der Waals surface area contributed by atoms with Gasteiger partial charge in [-0.2, -0.15) is 0 Å². The first-order valence-electron chi connectivity index (χ1n) is 6.35. The van der Waals surface area contributed by atoms with Crippen LogP contribution >= 0.6 is 7.37 Å². The summed E-state index contributed by atoms with van der Waals surface area (Å²) in [7, 11) is -4.07. The van der Waals surface area contributed by atoms with Gasteiger partial charge in [0.2, 0.25) is 0 Å². The van der Waals surface area contributed by atoms with Crippen LogP contribution in [0.2, 0.25) is 0 Å². The third kappa shape index (κ3) is 3.57. The van der Waals surface area contributed by atoms with E-state index < -0.39 is 12.9 Å². The first kappa shape index (κ1) is 17.9. The molecular formula is C16H19LiO3P. The van der Waals surface area contributed by atoms with E-state index in [1.54, 1.807) is 32.0 Å². The Morgan fingerprint density at radius 1 is 1.05 bits per heavy atom. The van der Waals surface area contributed by atoms with E-state index >= 15 is 0 Å². The molecule has 0 fully saturated rings.